The summed E-state index contributed by atoms with van der Waals surface area (Å²) in [7, 11) is 0. The Labute approximate surface area is 44.1 Å². The highest BCUT2D eigenvalue weighted by atomic mass is 16.3. The van der Waals surface area contributed by atoms with Crippen LogP contribution < -0.4 is 0 Å². The van der Waals surface area contributed by atoms with Crippen LogP contribution in [0, 0.1) is 0 Å². The van der Waals surface area contributed by atoms with Gasteiger partial charge >= 0.3 is 0 Å². The number of rotatable bonds is 3. The molecule has 2 nitrogen and oxygen atoms in total. The molecule has 1 N–H and O–H groups in total. The van der Waals surface area contributed by atoms with Gasteiger partial charge in [0.15, 0.2) is 6.54 Å². The zero-order chi connectivity index (χ0) is 5.70. The van der Waals surface area contributed by atoms with Crippen molar-refractivity contribution in [3.8, 4) is 0 Å². The van der Waals surface area contributed by atoms with Gasteiger partial charge in [-0.3, -0.25) is 0 Å². The van der Waals surface area contributed by atoms with E-state index in [1.54, 1.807) is 4.58 Å². The van der Waals surface area contributed by atoms with E-state index in [0.717, 1.165) is 6.54 Å². The average Bonchev–Trinajstić information content (AvgIpc) is 1.68. The van der Waals surface area contributed by atoms with E-state index >= 15 is 0 Å². The summed E-state index contributed by atoms with van der Waals surface area (Å²) in [5, 5.41) is 8.29. The lowest BCUT2D eigenvalue weighted by molar-refractivity contribution is -0.518. The average molecular weight is 102 g/mol. The fraction of sp³-hybridized carbons (Fsp3) is 0.800. The first kappa shape index (κ1) is 6.63. The molecule has 0 saturated heterocycles. The SMILES string of the molecule is C=[N+](CC)CCO. The second-order valence-electron chi connectivity index (χ2n) is 1.43. The van der Waals surface area contributed by atoms with Crippen LogP contribution in [0.2, 0.25) is 0 Å². The van der Waals surface area contributed by atoms with Crippen LogP contribution in [0.3, 0.4) is 0 Å². The summed E-state index contributed by atoms with van der Waals surface area (Å²) in [4.78, 5) is 0. The Morgan fingerprint density at radius 1 is 1.71 bits per heavy atom. The van der Waals surface area contributed by atoms with Gasteiger partial charge < -0.3 is 5.11 Å². The number of hydrogen-bond donors (Lipinski definition) is 1. The second kappa shape index (κ2) is 3.81. The van der Waals surface area contributed by atoms with Gasteiger partial charge in [-0.25, -0.2) is 4.58 Å². The Bertz CT molecular complexity index is 61.1. The topological polar surface area (TPSA) is 23.2 Å². The molecule has 0 fully saturated rings. The van der Waals surface area contributed by atoms with Crippen LogP contribution in [-0.2, 0) is 0 Å². The number of likely N-dealkylation sites (N-methyl/N-ethyl adjacent to an activating group) is 1. The molecule has 0 aromatic heterocycles. The van der Waals surface area contributed by atoms with E-state index < -0.39 is 0 Å². The third-order valence-corrected chi connectivity index (χ3v) is 0.863. The molecule has 0 bridgehead atoms. The Morgan fingerprint density at radius 3 is 2.43 bits per heavy atom. The molecular weight excluding hydrogens is 90.1 g/mol. The van der Waals surface area contributed by atoms with Crippen molar-refractivity contribution >= 4 is 6.72 Å². The molecular formula is C5H12NO+. The number of hydrogen-bond acceptors (Lipinski definition) is 1. The van der Waals surface area contributed by atoms with E-state index in [-0.39, 0.29) is 6.61 Å². The molecule has 7 heavy (non-hydrogen) atoms. The molecule has 0 atom stereocenters. The fourth-order valence-corrected chi connectivity index (χ4v) is 0.300. The summed E-state index contributed by atoms with van der Waals surface area (Å²) in [6.45, 7) is 7.41. The third kappa shape index (κ3) is 3.46. The molecule has 0 aliphatic rings. The molecule has 0 radical (unpaired) electrons. The minimum atomic E-state index is 0.206. The van der Waals surface area contributed by atoms with Gasteiger partial charge in [-0.05, 0) is 6.92 Å². The lowest BCUT2D eigenvalue weighted by Crippen LogP contribution is -2.12. The van der Waals surface area contributed by atoms with Crippen molar-refractivity contribution in [1.82, 2.24) is 0 Å². The van der Waals surface area contributed by atoms with E-state index in [0.29, 0.717) is 6.54 Å². The lowest BCUT2D eigenvalue weighted by Gasteiger charge is -1.90. The second-order valence-corrected chi connectivity index (χ2v) is 1.43. The normalized spacial score (nSPS) is 8.86. The molecule has 0 aromatic rings. The smallest absolute Gasteiger partial charge is 0.165 e. The minimum absolute atomic E-state index is 0.206. The molecule has 0 aliphatic carbocycles. The number of nitrogens with zero attached hydrogens (tertiary/aromatic N) is 1. The summed E-state index contributed by atoms with van der Waals surface area (Å²) >= 11 is 0. The van der Waals surface area contributed by atoms with E-state index in [9.17, 15) is 0 Å². The maximum atomic E-state index is 8.29. The zero-order valence-corrected chi connectivity index (χ0v) is 4.72. The van der Waals surface area contributed by atoms with Gasteiger partial charge in [0.2, 0.25) is 0 Å². The highest BCUT2D eigenvalue weighted by Crippen LogP contribution is 1.66. The highest BCUT2D eigenvalue weighted by molar-refractivity contribution is 5.14. The Hall–Kier alpha value is -0.370. The molecule has 0 aliphatic heterocycles. The molecule has 0 amide bonds. The molecule has 0 saturated carbocycles. The molecule has 0 spiro atoms. The molecule has 0 heterocycles. The summed E-state index contributed by atoms with van der Waals surface area (Å²) in [5.74, 6) is 0. The number of aliphatic hydroxyl groups is 1. The fourth-order valence-electron chi connectivity index (χ4n) is 0.300. The third-order valence-electron chi connectivity index (χ3n) is 0.863. The van der Waals surface area contributed by atoms with Crippen LogP contribution in [0.25, 0.3) is 0 Å². The van der Waals surface area contributed by atoms with Crippen molar-refractivity contribution in [3.05, 3.63) is 0 Å². The Kier molecular flexibility index (Phi) is 3.61. The van der Waals surface area contributed by atoms with Gasteiger partial charge in [0.25, 0.3) is 0 Å². The van der Waals surface area contributed by atoms with Gasteiger partial charge in [0, 0.05) is 0 Å². The van der Waals surface area contributed by atoms with Gasteiger partial charge in [0.05, 0.1) is 0 Å². The van der Waals surface area contributed by atoms with Crippen LogP contribution >= 0.6 is 0 Å². The lowest BCUT2D eigenvalue weighted by atomic mass is 10.6. The van der Waals surface area contributed by atoms with Gasteiger partial charge in [0.1, 0.15) is 19.9 Å². The standard InChI is InChI=1S/C5H12NO/c1-3-6(2)4-5-7/h7H,2-5H2,1H3/q+1. The van der Waals surface area contributed by atoms with E-state index in [1.165, 1.54) is 0 Å². The van der Waals surface area contributed by atoms with E-state index in [2.05, 4.69) is 6.72 Å². The highest BCUT2D eigenvalue weighted by Gasteiger charge is 1.89. The van der Waals surface area contributed by atoms with Gasteiger partial charge in [-0.1, -0.05) is 0 Å². The van der Waals surface area contributed by atoms with Crippen molar-refractivity contribution in [2.75, 3.05) is 19.7 Å². The summed E-state index contributed by atoms with van der Waals surface area (Å²) < 4.78 is 1.81. The summed E-state index contributed by atoms with van der Waals surface area (Å²) in [6, 6.07) is 0. The van der Waals surface area contributed by atoms with Crippen LogP contribution in [0.1, 0.15) is 6.92 Å². The first-order valence-electron chi connectivity index (χ1n) is 2.47. The maximum absolute atomic E-state index is 8.29. The quantitative estimate of drug-likeness (QED) is 0.384. The summed E-state index contributed by atoms with van der Waals surface area (Å²) in [6.07, 6.45) is 0. The molecule has 0 rings (SSSR count). The Balaban J connectivity index is 3.00. The summed E-state index contributed by atoms with van der Waals surface area (Å²) in [5.41, 5.74) is 0. The predicted molar refractivity (Wildman–Crippen MR) is 29.9 cm³/mol. The van der Waals surface area contributed by atoms with E-state index in [1.807, 2.05) is 6.92 Å². The monoisotopic (exact) mass is 102 g/mol. The minimum Gasteiger partial charge on any atom is -0.390 e. The van der Waals surface area contributed by atoms with Crippen molar-refractivity contribution in [2.45, 2.75) is 6.92 Å². The number of aliphatic hydroxyl groups excluding tert-OH is 1. The molecule has 42 valence electrons. The zero-order valence-electron chi connectivity index (χ0n) is 4.72. The van der Waals surface area contributed by atoms with Gasteiger partial charge in [-0.2, -0.15) is 0 Å². The molecule has 0 unspecified atom stereocenters. The van der Waals surface area contributed by atoms with Crippen molar-refractivity contribution < 1.29 is 9.68 Å². The first-order chi connectivity index (χ1) is 3.31. The predicted octanol–water partition coefficient (Wildman–Crippen LogP) is -0.288. The van der Waals surface area contributed by atoms with Crippen LogP contribution in [-0.4, -0.2) is 36.1 Å². The van der Waals surface area contributed by atoms with Crippen molar-refractivity contribution in [3.63, 3.8) is 0 Å². The Morgan fingerprint density at radius 2 is 2.29 bits per heavy atom. The molecule has 2 heteroatoms. The van der Waals surface area contributed by atoms with Crippen LogP contribution in [0.5, 0.6) is 0 Å². The first-order valence-corrected chi connectivity index (χ1v) is 2.47. The molecule has 0 aromatic carbocycles. The van der Waals surface area contributed by atoms with Crippen LogP contribution in [0.4, 0.5) is 0 Å². The maximum Gasteiger partial charge on any atom is 0.165 e. The van der Waals surface area contributed by atoms with E-state index in [4.69, 9.17) is 5.11 Å². The van der Waals surface area contributed by atoms with Crippen LogP contribution in [0.15, 0.2) is 0 Å². The van der Waals surface area contributed by atoms with Crippen molar-refractivity contribution in [1.29, 1.82) is 0 Å². The largest absolute Gasteiger partial charge is 0.390 e. The van der Waals surface area contributed by atoms with Gasteiger partial charge in [-0.15, -0.1) is 0 Å². The van der Waals surface area contributed by atoms with Crippen molar-refractivity contribution in [2.24, 2.45) is 0 Å².